The quantitative estimate of drug-likeness (QED) is 0.245. The van der Waals surface area contributed by atoms with Crippen molar-refractivity contribution in [2.45, 2.75) is 37.8 Å². The molecule has 0 aromatic carbocycles. The molecule has 0 aliphatic carbocycles. The maximum absolute atomic E-state index is 10.1. The largest absolute Gasteiger partial charge is 0.481 e. The summed E-state index contributed by atoms with van der Waals surface area (Å²) < 4.78 is 0. The Balaban J connectivity index is 0. The van der Waals surface area contributed by atoms with Crippen LogP contribution in [-0.4, -0.2) is 61.6 Å². The number of carbonyl (C=O) groups is 4. The van der Waals surface area contributed by atoms with E-state index in [2.05, 4.69) is 0 Å². The van der Waals surface area contributed by atoms with E-state index in [1.165, 1.54) is 5.48 Å². The van der Waals surface area contributed by atoms with Crippen molar-refractivity contribution in [3.63, 3.8) is 0 Å². The lowest BCUT2D eigenvalue weighted by Gasteiger charge is -2.06. The van der Waals surface area contributed by atoms with Gasteiger partial charge in [-0.2, -0.15) is 5.48 Å². The Morgan fingerprint density at radius 1 is 0.857 bits per heavy atom. The van der Waals surface area contributed by atoms with Crippen LogP contribution in [0.5, 0.6) is 0 Å². The molecule has 2 atom stereocenters. The van der Waals surface area contributed by atoms with E-state index in [1.54, 1.807) is 0 Å². The lowest BCUT2D eigenvalue weighted by molar-refractivity contribution is -0.144. The second-order valence-corrected chi connectivity index (χ2v) is 3.83. The Morgan fingerprint density at radius 3 is 1.57 bits per heavy atom. The Kier molecular flexibility index (Phi) is 11.6. The molecule has 11 nitrogen and oxygen atoms in total. The second kappa shape index (κ2) is 11.6. The fourth-order valence-corrected chi connectivity index (χ4v) is 0.914. The molecule has 0 aromatic rings. The number of hydrogen-bond acceptors (Lipinski definition) is 7. The molecule has 21 heavy (non-hydrogen) atoms. The average molecular weight is 310 g/mol. The van der Waals surface area contributed by atoms with Crippen molar-refractivity contribution >= 4 is 23.9 Å². The molecule has 0 unspecified atom stereocenters. The predicted molar refractivity (Wildman–Crippen MR) is 65.7 cm³/mol. The molecule has 8 N–H and O–H groups in total. The highest BCUT2D eigenvalue weighted by molar-refractivity contribution is 5.75. The lowest BCUT2D eigenvalue weighted by atomic mass is 10.2. The second-order valence-electron chi connectivity index (χ2n) is 3.83. The van der Waals surface area contributed by atoms with Crippen molar-refractivity contribution < 1.29 is 44.8 Å². The zero-order valence-electron chi connectivity index (χ0n) is 10.9. The predicted octanol–water partition coefficient (Wildman–Crippen LogP) is -1.45. The van der Waals surface area contributed by atoms with Gasteiger partial charge in [0.25, 0.3) is 0 Å². The van der Waals surface area contributed by atoms with Gasteiger partial charge in [-0.25, -0.2) is 0 Å². The van der Waals surface area contributed by atoms with E-state index in [1.807, 2.05) is 0 Å². The number of carboxylic acid groups (broad SMARTS) is 4. The van der Waals surface area contributed by atoms with E-state index in [0.29, 0.717) is 0 Å². The molecule has 0 saturated carbocycles. The summed E-state index contributed by atoms with van der Waals surface area (Å²) in [5.74, 6) is -4.56. The van der Waals surface area contributed by atoms with E-state index in [0.717, 1.165) is 0 Å². The fraction of sp³-hybridized carbons (Fsp3) is 0.600. The first-order valence-electron chi connectivity index (χ1n) is 5.66. The van der Waals surface area contributed by atoms with Gasteiger partial charge in [0, 0.05) is 12.8 Å². The van der Waals surface area contributed by atoms with Gasteiger partial charge >= 0.3 is 23.9 Å². The number of carboxylic acids is 4. The lowest BCUT2D eigenvalue weighted by Crippen LogP contribution is -2.34. The highest BCUT2D eigenvalue weighted by Gasteiger charge is 2.16. The third-order valence-electron chi connectivity index (χ3n) is 2.09. The molecule has 0 amide bonds. The van der Waals surface area contributed by atoms with Gasteiger partial charge in [0.1, 0.15) is 12.1 Å². The topological polar surface area (TPSA) is 207 Å². The normalized spacial score (nSPS) is 12.5. The minimum Gasteiger partial charge on any atom is -0.481 e. The summed E-state index contributed by atoms with van der Waals surface area (Å²) in [6, 6.07) is -2.26. The molecule has 11 heteroatoms. The molecule has 0 heterocycles. The number of hydrogen-bond donors (Lipinski definition) is 7. The van der Waals surface area contributed by atoms with E-state index in [4.69, 9.17) is 31.4 Å². The van der Waals surface area contributed by atoms with Crippen LogP contribution in [-0.2, 0) is 19.2 Å². The fourth-order valence-electron chi connectivity index (χ4n) is 0.914. The van der Waals surface area contributed by atoms with E-state index in [9.17, 15) is 19.2 Å². The molecule has 0 aromatic heterocycles. The number of nitrogens with two attached hydrogens (primary N) is 1. The Labute approximate surface area is 118 Å². The SMILES string of the molecule is N[C@@H](CCC(=O)O)C(=O)O.O=C(O)CC[C@H](NO)C(=O)O. The van der Waals surface area contributed by atoms with Crippen molar-refractivity contribution in [1.29, 1.82) is 0 Å². The Morgan fingerprint density at radius 2 is 1.29 bits per heavy atom. The van der Waals surface area contributed by atoms with Gasteiger partial charge in [-0.15, -0.1) is 0 Å². The number of rotatable bonds is 9. The first kappa shape index (κ1) is 21.1. The third-order valence-corrected chi connectivity index (χ3v) is 2.09. The zero-order valence-corrected chi connectivity index (χ0v) is 10.9. The van der Waals surface area contributed by atoms with Crippen molar-refractivity contribution in [2.24, 2.45) is 5.73 Å². The smallest absolute Gasteiger partial charge is 0.323 e. The van der Waals surface area contributed by atoms with Crippen molar-refractivity contribution in [2.75, 3.05) is 0 Å². The molecule has 0 rings (SSSR count). The minimum absolute atomic E-state index is 0.0231. The molecular formula is C10H18N2O9. The molecule has 0 bridgehead atoms. The molecule has 0 aliphatic rings. The van der Waals surface area contributed by atoms with Crippen LogP contribution in [0.3, 0.4) is 0 Å². The molecule has 0 fully saturated rings. The van der Waals surface area contributed by atoms with Crippen molar-refractivity contribution in [3.8, 4) is 0 Å². The third kappa shape index (κ3) is 14.0. The van der Waals surface area contributed by atoms with Crippen LogP contribution in [0.15, 0.2) is 0 Å². The Bertz CT molecular complexity index is 372. The van der Waals surface area contributed by atoms with Crippen LogP contribution in [0.25, 0.3) is 0 Å². The zero-order chi connectivity index (χ0) is 17.0. The van der Waals surface area contributed by atoms with Gasteiger partial charge in [0.05, 0.1) is 0 Å². The molecule has 0 saturated heterocycles. The van der Waals surface area contributed by atoms with Crippen LogP contribution in [0, 0.1) is 0 Å². The van der Waals surface area contributed by atoms with Crippen molar-refractivity contribution in [1.82, 2.24) is 5.48 Å². The average Bonchev–Trinajstić information content (AvgIpc) is 2.36. The Hall–Kier alpha value is -2.24. The summed E-state index contributed by atoms with van der Waals surface area (Å²) in [7, 11) is 0. The van der Waals surface area contributed by atoms with E-state index in [-0.39, 0.29) is 25.7 Å². The minimum atomic E-state index is -1.27. The first-order chi connectivity index (χ1) is 9.61. The number of hydroxylamine groups is 1. The highest BCUT2D eigenvalue weighted by atomic mass is 16.5. The van der Waals surface area contributed by atoms with Crippen LogP contribution >= 0.6 is 0 Å². The maximum Gasteiger partial charge on any atom is 0.323 e. The van der Waals surface area contributed by atoms with Crippen LogP contribution in [0.4, 0.5) is 0 Å². The highest BCUT2D eigenvalue weighted by Crippen LogP contribution is 1.96. The van der Waals surface area contributed by atoms with Gasteiger partial charge in [-0.05, 0) is 12.8 Å². The maximum atomic E-state index is 10.1. The van der Waals surface area contributed by atoms with Crippen LogP contribution in [0.1, 0.15) is 25.7 Å². The standard InChI is InChI=1S/C5H9NO5.C5H9NO4/c7-4(8)2-1-3(6-11)5(9)10;6-3(5(9)10)1-2-4(7)8/h3,6,11H,1-2H2,(H,7,8)(H,9,10);3H,1-2,6H2,(H,7,8)(H,9,10)/t2*3-/m00/s1. The number of aliphatic carboxylic acids is 4. The molecule has 0 aliphatic heterocycles. The first-order valence-corrected chi connectivity index (χ1v) is 5.66. The van der Waals surface area contributed by atoms with Gasteiger partial charge < -0.3 is 31.4 Å². The van der Waals surface area contributed by atoms with E-state index < -0.39 is 36.0 Å². The van der Waals surface area contributed by atoms with Gasteiger partial charge in [-0.1, -0.05) is 0 Å². The molecule has 0 spiro atoms. The summed E-state index contributed by atoms with van der Waals surface area (Å²) in [5.41, 5.74) is 6.50. The molecule has 0 radical (unpaired) electrons. The summed E-state index contributed by atoms with van der Waals surface area (Å²) in [6.45, 7) is 0. The van der Waals surface area contributed by atoms with Crippen molar-refractivity contribution in [3.05, 3.63) is 0 Å². The summed E-state index contributed by atoms with van der Waals surface area (Å²) >= 11 is 0. The van der Waals surface area contributed by atoms with E-state index >= 15 is 0 Å². The van der Waals surface area contributed by atoms with Gasteiger partial charge in [0.2, 0.25) is 0 Å². The van der Waals surface area contributed by atoms with Crippen LogP contribution < -0.4 is 11.2 Å². The van der Waals surface area contributed by atoms with Gasteiger partial charge in [-0.3, -0.25) is 19.2 Å². The molecule has 122 valence electrons. The summed E-state index contributed by atoms with van der Waals surface area (Å²) in [5, 5.41) is 40.9. The summed E-state index contributed by atoms with van der Waals surface area (Å²) in [4.78, 5) is 39.9. The van der Waals surface area contributed by atoms with Crippen LogP contribution in [0.2, 0.25) is 0 Å². The number of nitrogens with one attached hydrogen (secondary N) is 1. The summed E-state index contributed by atoms with van der Waals surface area (Å²) in [6.07, 6.45) is -0.649. The monoisotopic (exact) mass is 310 g/mol. The molecular weight excluding hydrogens is 292 g/mol. The van der Waals surface area contributed by atoms with Gasteiger partial charge in [0.15, 0.2) is 0 Å².